The smallest absolute Gasteiger partial charge is 0.326 e. The molecule has 3 N–H and O–H groups in total. The lowest BCUT2D eigenvalue weighted by Crippen LogP contribution is -2.17. The van der Waals surface area contributed by atoms with Crippen molar-refractivity contribution in [3.8, 4) is 0 Å². The quantitative estimate of drug-likeness (QED) is 0.546. The Balaban J connectivity index is 1.63. The molecule has 0 radical (unpaired) electrons. The topological polar surface area (TPSA) is 94.5 Å². The molecule has 3 aromatic rings. The summed E-state index contributed by atoms with van der Waals surface area (Å²) in [6.45, 7) is 0.670. The fraction of sp³-hybridized carbons (Fsp3) is 0.308. The van der Waals surface area contributed by atoms with Gasteiger partial charge < -0.3 is 10.7 Å². The number of anilines is 1. The van der Waals surface area contributed by atoms with E-state index in [9.17, 15) is 4.79 Å². The molecule has 0 atom stereocenters. The van der Waals surface area contributed by atoms with E-state index < -0.39 is 0 Å². The molecule has 7 nitrogen and oxygen atoms in total. The molecule has 1 aromatic carbocycles. The van der Waals surface area contributed by atoms with Crippen LogP contribution in [0.4, 0.5) is 5.95 Å². The Morgan fingerprint density at radius 1 is 1.33 bits per heavy atom. The molecule has 3 rings (SSSR count). The van der Waals surface area contributed by atoms with Crippen LogP contribution < -0.4 is 11.4 Å². The third-order valence-corrected chi connectivity index (χ3v) is 4.41. The third-order valence-electron chi connectivity index (χ3n) is 3.31. The van der Waals surface area contributed by atoms with Crippen molar-refractivity contribution in [2.24, 2.45) is 7.05 Å². The van der Waals surface area contributed by atoms with Crippen LogP contribution in [0.25, 0.3) is 11.0 Å². The van der Waals surface area contributed by atoms with Crippen LogP contribution in [0.3, 0.4) is 0 Å². The highest BCUT2D eigenvalue weighted by Crippen LogP contribution is 2.18. The minimum absolute atomic E-state index is 0.0656. The van der Waals surface area contributed by atoms with Gasteiger partial charge in [-0.2, -0.15) is 0 Å². The molecule has 0 unspecified atom stereocenters. The average Bonchev–Trinajstić information content (AvgIpc) is 2.97. The monoisotopic (exact) mass is 304 g/mol. The van der Waals surface area contributed by atoms with E-state index in [4.69, 9.17) is 5.73 Å². The number of nitrogen functional groups attached to an aromatic ring is 1. The van der Waals surface area contributed by atoms with Crippen molar-refractivity contribution in [3.05, 3.63) is 34.7 Å². The van der Waals surface area contributed by atoms with Crippen LogP contribution in [-0.2, 0) is 13.6 Å². The van der Waals surface area contributed by atoms with Crippen LogP contribution >= 0.6 is 11.8 Å². The van der Waals surface area contributed by atoms with Crippen molar-refractivity contribution in [3.63, 3.8) is 0 Å². The fourth-order valence-electron chi connectivity index (χ4n) is 2.17. The molecule has 8 heteroatoms. The summed E-state index contributed by atoms with van der Waals surface area (Å²) in [7, 11) is 1.84. The standard InChI is InChI=1S/C13H16N6OS/c1-18-11(14)16-17-13(18)21-8-4-7-19-10-6-3-2-5-9(10)15-12(19)20/h2-3,5-6H,4,7-8H2,1H3,(H2,14,16)(H,15,20). The van der Waals surface area contributed by atoms with E-state index in [0.717, 1.165) is 28.4 Å². The maximum absolute atomic E-state index is 11.9. The molecule has 2 heterocycles. The van der Waals surface area contributed by atoms with Crippen molar-refractivity contribution < 1.29 is 0 Å². The minimum Gasteiger partial charge on any atom is -0.368 e. The van der Waals surface area contributed by atoms with E-state index in [1.165, 1.54) is 0 Å². The summed E-state index contributed by atoms with van der Waals surface area (Å²) in [4.78, 5) is 14.8. The van der Waals surface area contributed by atoms with Crippen LogP contribution in [0, 0.1) is 0 Å². The Kier molecular flexibility index (Phi) is 3.70. The highest BCUT2D eigenvalue weighted by atomic mass is 32.2. The lowest BCUT2D eigenvalue weighted by molar-refractivity contribution is 0.678. The highest BCUT2D eigenvalue weighted by Gasteiger charge is 2.07. The predicted octanol–water partition coefficient (Wildman–Crippen LogP) is 1.22. The lowest BCUT2D eigenvalue weighted by atomic mass is 10.3. The van der Waals surface area contributed by atoms with Gasteiger partial charge in [0.1, 0.15) is 0 Å². The van der Waals surface area contributed by atoms with E-state index >= 15 is 0 Å². The number of fused-ring (bicyclic) bond motifs is 1. The van der Waals surface area contributed by atoms with Gasteiger partial charge in [-0.3, -0.25) is 9.13 Å². The van der Waals surface area contributed by atoms with E-state index in [2.05, 4.69) is 15.2 Å². The first kappa shape index (κ1) is 13.7. The molecule has 0 saturated heterocycles. The number of hydrogen-bond donors (Lipinski definition) is 2. The maximum atomic E-state index is 11.9. The van der Waals surface area contributed by atoms with Gasteiger partial charge in [0.2, 0.25) is 5.95 Å². The highest BCUT2D eigenvalue weighted by molar-refractivity contribution is 7.99. The predicted molar refractivity (Wildman–Crippen MR) is 83.3 cm³/mol. The van der Waals surface area contributed by atoms with E-state index in [1.54, 1.807) is 20.9 Å². The molecule has 0 saturated carbocycles. The number of thioether (sulfide) groups is 1. The SMILES string of the molecule is Cn1c(N)nnc1SCCCn1c(=O)[nH]c2ccccc21. The second-order valence-electron chi connectivity index (χ2n) is 4.70. The summed E-state index contributed by atoms with van der Waals surface area (Å²) in [6, 6.07) is 7.70. The van der Waals surface area contributed by atoms with Crippen molar-refractivity contribution >= 4 is 28.7 Å². The Hall–Kier alpha value is -2.22. The Morgan fingerprint density at radius 3 is 2.90 bits per heavy atom. The van der Waals surface area contributed by atoms with Gasteiger partial charge in [-0.1, -0.05) is 23.9 Å². The van der Waals surface area contributed by atoms with Gasteiger partial charge >= 0.3 is 5.69 Å². The van der Waals surface area contributed by atoms with Crippen molar-refractivity contribution in [2.75, 3.05) is 11.5 Å². The molecule has 110 valence electrons. The third kappa shape index (κ3) is 2.66. The largest absolute Gasteiger partial charge is 0.368 e. The number of hydrogen-bond acceptors (Lipinski definition) is 5. The Bertz CT molecular complexity index is 818. The molecular weight excluding hydrogens is 288 g/mol. The van der Waals surface area contributed by atoms with Crippen molar-refractivity contribution in [2.45, 2.75) is 18.1 Å². The number of nitrogens with two attached hydrogens (primary N) is 1. The first-order chi connectivity index (χ1) is 10.2. The lowest BCUT2D eigenvalue weighted by Gasteiger charge is -2.03. The molecule has 0 spiro atoms. The van der Waals surface area contributed by atoms with Crippen LogP contribution in [0.1, 0.15) is 6.42 Å². The van der Waals surface area contributed by atoms with Gasteiger partial charge in [-0.05, 0) is 18.6 Å². The summed E-state index contributed by atoms with van der Waals surface area (Å²) in [5.41, 5.74) is 7.38. The van der Waals surface area contributed by atoms with E-state index in [1.807, 2.05) is 31.3 Å². The summed E-state index contributed by atoms with van der Waals surface area (Å²) in [6.07, 6.45) is 0.860. The van der Waals surface area contributed by atoms with Gasteiger partial charge in [-0.15, -0.1) is 10.2 Å². The second-order valence-corrected chi connectivity index (χ2v) is 5.76. The number of nitrogens with zero attached hydrogens (tertiary/aromatic N) is 4. The number of aromatic nitrogens is 5. The normalized spacial score (nSPS) is 11.3. The Labute approximate surface area is 125 Å². The van der Waals surface area contributed by atoms with Crippen molar-refractivity contribution in [1.82, 2.24) is 24.3 Å². The second kappa shape index (κ2) is 5.65. The van der Waals surface area contributed by atoms with Crippen LogP contribution in [0.15, 0.2) is 34.2 Å². The number of rotatable bonds is 5. The number of para-hydroxylation sites is 2. The number of nitrogens with one attached hydrogen (secondary N) is 1. The molecule has 0 aliphatic heterocycles. The maximum Gasteiger partial charge on any atom is 0.326 e. The van der Waals surface area contributed by atoms with E-state index in [0.29, 0.717) is 12.5 Å². The van der Waals surface area contributed by atoms with Crippen LogP contribution in [-0.4, -0.2) is 30.1 Å². The summed E-state index contributed by atoms with van der Waals surface area (Å²) >= 11 is 1.58. The average molecular weight is 304 g/mol. The van der Waals surface area contributed by atoms with Gasteiger partial charge in [-0.25, -0.2) is 4.79 Å². The number of benzene rings is 1. The number of H-pyrrole nitrogens is 1. The number of imidazole rings is 1. The number of aromatic amines is 1. The van der Waals surface area contributed by atoms with Gasteiger partial charge in [0.25, 0.3) is 0 Å². The van der Waals surface area contributed by atoms with Gasteiger partial charge in [0.15, 0.2) is 5.16 Å². The molecule has 0 aliphatic carbocycles. The molecule has 0 aliphatic rings. The molecule has 2 aromatic heterocycles. The van der Waals surface area contributed by atoms with Gasteiger partial charge in [0, 0.05) is 19.3 Å². The van der Waals surface area contributed by atoms with Gasteiger partial charge in [0.05, 0.1) is 11.0 Å². The first-order valence-electron chi connectivity index (χ1n) is 6.62. The molecule has 21 heavy (non-hydrogen) atoms. The summed E-state index contributed by atoms with van der Waals surface area (Å²) in [5, 5.41) is 8.59. The zero-order chi connectivity index (χ0) is 14.8. The van der Waals surface area contributed by atoms with E-state index in [-0.39, 0.29) is 5.69 Å². The zero-order valence-corrected chi connectivity index (χ0v) is 12.4. The number of aryl methyl sites for hydroxylation is 1. The molecule has 0 fully saturated rings. The van der Waals surface area contributed by atoms with Crippen LogP contribution in [0.2, 0.25) is 0 Å². The Morgan fingerprint density at radius 2 is 2.14 bits per heavy atom. The summed E-state index contributed by atoms with van der Waals surface area (Å²) in [5.74, 6) is 1.25. The fourth-order valence-corrected chi connectivity index (χ4v) is 3.01. The molecular formula is C13H16N6OS. The molecule has 0 amide bonds. The first-order valence-corrected chi connectivity index (χ1v) is 7.60. The van der Waals surface area contributed by atoms with Crippen LogP contribution in [0.5, 0.6) is 0 Å². The summed E-state index contributed by atoms with van der Waals surface area (Å²) < 4.78 is 3.52. The zero-order valence-electron chi connectivity index (χ0n) is 11.6. The molecule has 0 bridgehead atoms. The van der Waals surface area contributed by atoms with Crippen molar-refractivity contribution in [1.29, 1.82) is 0 Å². The minimum atomic E-state index is -0.0656.